The van der Waals surface area contributed by atoms with Crippen molar-refractivity contribution in [3.8, 4) is 28.8 Å². The van der Waals surface area contributed by atoms with Crippen LogP contribution in [-0.2, 0) is 4.79 Å². The van der Waals surface area contributed by atoms with Crippen molar-refractivity contribution in [1.29, 1.82) is 0 Å². The Kier molecular flexibility index (Phi) is 5.93. The van der Waals surface area contributed by atoms with Crippen molar-refractivity contribution < 1.29 is 14.3 Å². The van der Waals surface area contributed by atoms with Crippen LogP contribution in [0.3, 0.4) is 0 Å². The highest BCUT2D eigenvalue weighted by Gasteiger charge is 2.16. The zero-order valence-electron chi connectivity index (χ0n) is 16.5. The number of nitrogens with zero attached hydrogens (tertiary/aromatic N) is 3. The van der Waals surface area contributed by atoms with Crippen LogP contribution in [0.2, 0.25) is 0 Å². The average Bonchev–Trinajstić information content (AvgIpc) is 3.12. The van der Waals surface area contributed by atoms with Crippen molar-refractivity contribution in [3.63, 3.8) is 0 Å². The van der Waals surface area contributed by atoms with Gasteiger partial charge >= 0.3 is 6.01 Å². The first-order valence-electron chi connectivity index (χ1n) is 9.17. The van der Waals surface area contributed by atoms with E-state index in [0.29, 0.717) is 18.1 Å². The molecule has 1 amide bonds. The summed E-state index contributed by atoms with van der Waals surface area (Å²) in [5.41, 5.74) is 2.30. The Balaban J connectivity index is 2.04. The summed E-state index contributed by atoms with van der Waals surface area (Å²) in [6.07, 6.45) is 0. The third-order valence-electron chi connectivity index (χ3n) is 4.07. The van der Waals surface area contributed by atoms with Crippen LogP contribution in [0, 0.1) is 5.92 Å². The van der Waals surface area contributed by atoms with Crippen LogP contribution in [0.5, 0.6) is 11.8 Å². The van der Waals surface area contributed by atoms with E-state index in [-0.39, 0.29) is 17.8 Å². The maximum atomic E-state index is 12.0. The smallest absolute Gasteiger partial charge is 0.336 e. The van der Waals surface area contributed by atoms with Gasteiger partial charge in [-0.25, -0.2) is 4.68 Å². The van der Waals surface area contributed by atoms with Crippen LogP contribution in [0.25, 0.3) is 17.1 Å². The predicted molar refractivity (Wildman–Crippen MR) is 108 cm³/mol. The minimum absolute atomic E-state index is 0.0428. The summed E-state index contributed by atoms with van der Waals surface area (Å²) in [5.74, 6) is 1.20. The van der Waals surface area contributed by atoms with Gasteiger partial charge in [-0.1, -0.05) is 32.0 Å². The van der Waals surface area contributed by atoms with Gasteiger partial charge in [0.15, 0.2) is 5.82 Å². The third kappa shape index (κ3) is 4.31. The minimum atomic E-state index is -0.105. The predicted octanol–water partition coefficient (Wildman–Crippen LogP) is 3.94. The molecular weight excluding hydrogens is 356 g/mol. The van der Waals surface area contributed by atoms with E-state index in [9.17, 15) is 4.79 Å². The normalized spacial score (nSPS) is 10.8. The number of carbonyl (C=O) groups is 1. The molecule has 0 bridgehead atoms. The zero-order valence-corrected chi connectivity index (χ0v) is 16.5. The fourth-order valence-corrected chi connectivity index (χ4v) is 2.61. The van der Waals surface area contributed by atoms with Crippen LogP contribution in [0.1, 0.15) is 20.8 Å². The van der Waals surface area contributed by atoms with E-state index in [1.807, 2.05) is 69.3 Å². The second-order valence-corrected chi connectivity index (χ2v) is 6.49. The molecule has 2 aromatic carbocycles. The monoisotopic (exact) mass is 380 g/mol. The minimum Gasteiger partial charge on any atom is -0.497 e. The van der Waals surface area contributed by atoms with Crippen molar-refractivity contribution in [1.82, 2.24) is 14.8 Å². The van der Waals surface area contributed by atoms with Crippen molar-refractivity contribution in [2.24, 2.45) is 5.92 Å². The molecule has 1 heterocycles. The van der Waals surface area contributed by atoms with Gasteiger partial charge in [-0.05, 0) is 37.3 Å². The highest BCUT2D eigenvalue weighted by Crippen LogP contribution is 2.27. The Morgan fingerprint density at radius 2 is 1.96 bits per heavy atom. The molecule has 7 nitrogen and oxygen atoms in total. The second-order valence-electron chi connectivity index (χ2n) is 6.49. The molecule has 146 valence electrons. The van der Waals surface area contributed by atoms with Gasteiger partial charge in [0.1, 0.15) is 5.75 Å². The lowest BCUT2D eigenvalue weighted by Crippen LogP contribution is -2.17. The molecule has 28 heavy (non-hydrogen) atoms. The highest BCUT2D eigenvalue weighted by atomic mass is 16.5. The fraction of sp³-hybridized carbons (Fsp3) is 0.286. The Morgan fingerprint density at radius 3 is 2.68 bits per heavy atom. The summed E-state index contributed by atoms with van der Waals surface area (Å²) < 4.78 is 12.5. The van der Waals surface area contributed by atoms with Crippen LogP contribution in [0.15, 0.2) is 48.5 Å². The number of ether oxygens (including phenoxy) is 2. The van der Waals surface area contributed by atoms with Crippen LogP contribution in [-0.4, -0.2) is 34.4 Å². The molecule has 0 saturated carbocycles. The molecule has 0 unspecified atom stereocenters. The van der Waals surface area contributed by atoms with Crippen LogP contribution < -0.4 is 14.8 Å². The van der Waals surface area contributed by atoms with E-state index in [1.54, 1.807) is 11.8 Å². The lowest BCUT2D eigenvalue weighted by atomic mass is 10.2. The maximum Gasteiger partial charge on any atom is 0.336 e. The molecule has 0 aliphatic rings. The molecule has 0 fully saturated rings. The van der Waals surface area contributed by atoms with Crippen LogP contribution in [0.4, 0.5) is 5.69 Å². The Bertz CT molecular complexity index is 966. The molecule has 0 saturated heterocycles. The standard InChI is InChI=1S/C21H24N4O3/c1-5-28-21-23-19(15-8-6-11-18(12-15)27-4)25(24-21)17-10-7-9-16(13-17)22-20(26)14(2)3/h6-14H,5H2,1-4H3,(H,22,26). The summed E-state index contributed by atoms with van der Waals surface area (Å²) in [6.45, 7) is 6.05. The number of rotatable bonds is 7. The third-order valence-corrected chi connectivity index (χ3v) is 4.07. The van der Waals surface area contributed by atoms with Gasteiger partial charge in [-0.3, -0.25) is 4.79 Å². The summed E-state index contributed by atoms with van der Waals surface area (Å²) in [4.78, 5) is 16.6. The summed E-state index contributed by atoms with van der Waals surface area (Å²) in [7, 11) is 1.62. The topological polar surface area (TPSA) is 78.3 Å². The van der Waals surface area contributed by atoms with E-state index in [0.717, 1.165) is 17.0 Å². The number of anilines is 1. The van der Waals surface area contributed by atoms with E-state index in [2.05, 4.69) is 15.4 Å². The number of benzene rings is 2. The number of methoxy groups -OCH3 is 1. The molecule has 0 radical (unpaired) electrons. The Morgan fingerprint density at radius 1 is 1.18 bits per heavy atom. The highest BCUT2D eigenvalue weighted by molar-refractivity contribution is 5.92. The lowest BCUT2D eigenvalue weighted by Gasteiger charge is -2.11. The number of carbonyl (C=O) groups excluding carboxylic acids is 1. The molecule has 0 aliphatic heterocycles. The first-order valence-corrected chi connectivity index (χ1v) is 9.17. The van der Waals surface area contributed by atoms with Crippen LogP contribution >= 0.6 is 0 Å². The summed E-state index contributed by atoms with van der Waals surface area (Å²) >= 11 is 0. The van der Waals surface area contributed by atoms with Crippen molar-refractivity contribution in [2.45, 2.75) is 20.8 Å². The number of hydrogen-bond acceptors (Lipinski definition) is 5. The number of aromatic nitrogens is 3. The number of amides is 1. The van der Waals surface area contributed by atoms with E-state index in [1.165, 1.54) is 0 Å². The maximum absolute atomic E-state index is 12.0. The summed E-state index contributed by atoms with van der Waals surface area (Å²) in [6, 6.07) is 15.3. The van der Waals surface area contributed by atoms with E-state index in [4.69, 9.17) is 9.47 Å². The first kappa shape index (κ1) is 19.4. The molecule has 0 atom stereocenters. The fourth-order valence-electron chi connectivity index (χ4n) is 2.61. The van der Waals surface area contributed by atoms with Gasteiger partial charge in [0.05, 0.1) is 19.4 Å². The second kappa shape index (κ2) is 8.56. The van der Waals surface area contributed by atoms with Crippen molar-refractivity contribution >= 4 is 11.6 Å². The number of nitrogens with one attached hydrogen (secondary N) is 1. The first-order chi connectivity index (χ1) is 13.5. The SMILES string of the molecule is CCOc1nc(-c2cccc(OC)c2)n(-c2cccc(NC(=O)C(C)C)c2)n1. The van der Waals surface area contributed by atoms with Gasteiger partial charge in [-0.2, -0.15) is 4.98 Å². The van der Waals surface area contributed by atoms with Gasteiger partial charge in [0.25, 0.3) is 0 Å². The molecular formula is C21H24N4O3. The molecule has 7 heteroatoms. The van der Waals surface area contributed by atoms with Gasteiger partial charge in [0, 0.05) is 17.2 Å². The molecule has 3 aromatic rings. The van der Waals surface area contributed by atoms with Gasteiger partial charge < -0.3 is 14.8 Å². The molecule has 1 N–H and O–H groups in total. The lowest BCUT2D eigenvalue weighted by molar-refractivity contribution is -0.118. The van der Waals surface area contributed by atoms with Crippen molar-refractivity contribution in [2.75, 3.05) is 19.0 Å². The quantitative estimate of drug-likeness (QED) is 0.672. The Hall–Kier alpha value is -3.35. The molecule has 1 aromatic heterocycles. The number of hydrogen-bond donors (Lipinski definition) is 1. The molecule has 0 aliphatic carbocycles. The zero-order chi connectivity index (χ0) is 20.1. The average molecular weight is 380 g/mol. The van der Waals surface area contributed by atoms with Gasteiger partial charge in [0.2, 0.25) is 5.91 Å². The van der Waals surface area contributed by atoms with Crippen molar-refractivity contribution in [3.05, 3.63) is 48.5 Å². The Labute approximate surface area is 164 Å². The van der Waals surface area contributed by atoms with Gasteiger partial charge in [-0.15, -0.1) is 5.10 Å². The largest absolute Gasteiger partial charge is 0.497 e. The summed E-state index contributed by atoms with van der Waals surface area (Å²) in [5, 5.41) is 7.40. The van der Waals surface area contributed by atoms with E-state index < -0.39 is 0 Å². The molecule has 3 rings (SSSR count). The molecule has 0 spiro atoms. The van der Waals surface area contributed by atoms with E-state index >= 15 is 0 Å².